The minimum Gasteiger partial charge on any atom is -0.301 e. The number of aryl methyl sites for hydroxylation is 1. The number of ketones is 1. The molecule has 0 unspecified atom stereocenters. The number of hydrogen-bond donors (Lipinski definition) is 1. The van der Waals surface area contributed by atoms with E-state index in [9.17, 15) is 14.0 Å². The molecule has 3 rings (SSSR count). The van der Waals surface area contributed by atoms with Gasteiger partial charge in [-0.2, -0.15) is 0 Å². The van der Waals surface area contributed by atoms with Crippen molar-refractivity contribution >= 4 is 17.5 Å². The lowest BCUT2D eigenvalue weighted by atomic mass is 9.86. The number of thioether (sulfide) groups is 1. The van der Waals surface area contributed by atoms with Crippen LogP contribution in [0.25, 0.3) is 0 Å². The van der Waals surface area contributed by atoms with Crippen LogP contribution in [-0.4, -0.2) is 21.5 Å². The first-order valence-electron chi connectivity index (χ1n) is 9.12. The Bertz CT molecular complexity index is 798. The summed E-state index contributed by atoms with van der Waals surface area (Å²) in [5.41, 5.74) is 1.06. The summed E-state index contributed by atoms with van der Waals surface area (Å²) >= 11 is 1.21. The van der Waals surface area contributed by atoms with Crippen molar-refractivity contribution in [3.8, 4) is 0 Å². The Balaban J connectivity index is 1.57. The molecular weight excluding hydrogens is 351 g/mol. The highest BCUT2D eigenvalue weighted by molar-refractivity contribution is 7.99. The van der Waals surface area contributed by atoms with Gasteiger partial charge in [0.1, 0.15) is 5.82 Å². The molecule has 138 valence electrons. The highest BCUT2D eigenvalue weighted by Crippen LogP contribution is 2.27. The number of aromatic nitrogens is 2. The summed E-state index contributed by atoms with van der Waals surface area (Å²) in [4.78, 5) is 31.2. The summed E-state index contributed by atoms with van der Waals surface area (Å²) in [5.74, 6) is 0.401. The number of H-pyrrole nitrogens is 1. The smallest absolute Gasteiger partial charge is 0.251 e. The number of hydrogen-bond acceptors (Lipinski definition) is 4. The van der Waals surface area contributed by atoms with Crippen molar-refractivity contribution in [2.75, 3.05) is 5.75 Å². The first kappa shape index (κ1) is 18.8. The summed E-state index contributed by atoms with van der Waals surface area (Å²) in [7, 11) is 0. The van der Waals surface area contributed by atoms with Crippen molar-refractivity contribution in [1.29, 1.82) is 0 Å². The van der Waals surface area contributed by atoms with Crippen LogP contribution in [0.3, 0.4) is 0 Å². The Hall–Kier alpha value is -1.95. The van der Waals surface area contributed by atoms with Crippen LogP contribution in [-0.2, 0) is 6.42 Å². The van der Waals surface area contributed by atoms with E-state index in [-0.39, 0.29) is 22.9 Å². The third-order valence-corrected chi connectivity index (χ3v) is 5.69. The molecule has 1 saturated carbocycles. The maximum absolute atomic E-state index is 12.9. The molecule has 6 heteroatoms. The molecule has 26 heavy (non-hydrogen) atoms. The minimum atomic E-state index is -0.370. The van der Waals surface area contributed by atoms with Gasteiger partial charge in [-0.25, -0.2) is 9.37 Å². The molecule has 1 fully saturated rings. The van der Waals surface area contributed by atoms with Gasteiger partial charge in [-0.05, 0) is 43.0 Å². The molecule has 0 radical (unpaired) electrons. The molecule has 1 N–H and O–H groups in total. The van der Waals surface area contributed by atoms with E-state index in [1.165, 1.54) is 68.1 Å². The van der Waals surface area contributed by atoms with Crippen LogP contribution in [0.15, 0.2) is 40.3 Å². The molecule has 4 nitrogen and oxygen atoms in total. The van der Waals surface area contributed by atoms with E-state index in [1.807, 2.05) is 0 Å². The van der Waals surface area contributed by atoms with Crippen molar-refractivity contribution in [3.63, 3.8) is 0 Å². The fraction of sp³-hybridized carbons (Fsp3) is 0.450. The largest absolute Gasteiger partial charge is 0.301 e. The summed E-state index contributed by atoms with van der Waals surface area (Å²) < 4.78 is 12.9. The molecular formula is C20H23FN2O2S. The standard InChI is InChI=1S/C20H23FN2O2S/c21-16-9-7-15(8-10-16)18(24)13-26-20-22-17(12-19(25)23-20)11-6-14-4-2-1-3-5-14/h7-10,12,14H,1-6,11,13H2,(H,22,23,25). The van der Waals surface area contributed by atoms with Crippen LogP contribution in [0.4, 0.5) is 4.39 Å². The van der Waals surface area contributed by atoms with Gasteiger partial charge in [0, 0.05) is 17.3 Å². The SMILES string of the molecule is O=C(CSc1nc(CCC2CCCCC2)cc(=O)[nH]1)c1ccc(F)cc1. The zero-order valence-electron chi connectivity index (χ0n) is 14.7. The molecule has 1 heterocycles. The topological polar surface area (TPSA) is 62.8 Å². The van der Waals surface area contributed by atoms with E-state index < -0.39 is 0 Å². The highest BCUT2D eigenvalue weighted by atomic mass is 32.2. The number of carbonyl (C=O) groups excluding carboxylic acids is 1. The van der Waals surface area contributed by atoms with Gasteiger partial charge in [-0.1, -0.05) is 43.9 Å². The van der Waals surface area contributed by atoms with Crippen LogP contribution < -0.4 is 5.56 Å². The molecule has 1 aliphatic rings. The van der Waals surface area contributed by atoms with Gasteiger partial charge in [0.05, 0.1) is 5.75 Å². The van der Waals surface area contributed by atoms with Gasteiger partial charge >= 0.3 is 0 Å². The molecule has 1 aromatic carbocycles. The van der Waals surface area contributed by atoms with E-state index in [2.05, 4.69) is 9.97 Å². The maximum atomic E-state index is 12.9. The molecule has 0 spiro atoms. The molecule has 1 aromatic heterocycles. The Morgan fingerprint density at radius 1 is 1.19 bits per heavy atom. The lowest BCUT2D eigenvalue weighted by molar-refractivity contribution is 0.102. The highest BCUT2D eigenvalue weighted by Gasteiger charge is 2.14. The van der Waals surface area contributed by atoms with E-state index in [4.69, 9.17) is 0 Å². The van der Waals surface area contributed by atoms with Gasteiger partial charge in [0.2, 0.25) is 0 Å². The van der Waals surface area contributed by atoms with Gasteiger partial charge < -0.3 is 4.98 Å². The van der Waals surface area contributed by atoms with E-state index in [0.29, 0.717) is 10.7 Å². The van der Waals surface area contributed by atoms with Crippen LogP contribution in [0.2, 0.25) is 0 Å². The normalized spacial score (nSPS) is 15.1. The first-order valence-corrected chi connectivity index (χ1v) is 10.1. The summed E-state index contributed by atoms with van der Waals surface area (Å²) in [6.07, 6.45) is 8.36. The number of carbonyl (C=O) groups is 1. The Morgan fingerprint density at radius 3 is 2.65 bits per heavy atom. The summed E-state index contributed by atoms with van der Waals surface area (Å²) in [6, 6.07) is 7.02. The monoisotopic (exact) mass is 374 g/mol. The fourth-order valence-corrected chi connectivity index (χ4v) is 4.15. The number of rotatable bonds is 7. The molecule has 1 aliphatic carbocycles. The van der Waals surface area contributed by atoms with Crippen LogP contribution >= 0.6 is 11.8 Å². The number of nitrogens with zero attached hydrogens (tertiary/aromatic N) is 1. The third-order valence-electron chi connectivity index (χ3n) is 4.81. The second-order valence-electron chi connectivity index (χ2n) is 6.80. The van der Waals surface area contributed by atoms with Gasteiger partial charge in [0.25, 0.3) is 5.56 Å². The van der Waals surface area contributed by atoms with Gasteiger partial charge in [-0.3, -0.25) is 9.59 Å². The molecule has 0 aliphatic heterocycles. The first-order chi connectivity index (χ1) is 12.6. The molecule has 2 aromatic rings. The Morgan fingerprint density at radius 2 is 1.92 bits per heavy atom. The predicted octanol–water partition coefficient (Wildman–Crippen LogP) is 4.40. The van der Waals surface area contributed by atoms with E-state index in [1.54, 1.807) is 6.07 Å². The average Bonchev–Trinajstić information content (AvgIpc) is 2.65. The minimum absolute atomic E-state index is 0.120. The number of Topliss-reactive ketones (excluding diaryl/α,β-unsaturated/α-hetero) is 1. The summed E-state index contributed by atoms with van der Waals surface area (Å²) in [6.45, 7) is 0. The maximum Gasteiger partial charge on any atom is 0.251 e. The predicted molar refractivity (Wildman–Crippen MR) is 101 cm³/mol. The Labute approximate surface area is 156 Å². The van der Waals surface area contributed by atoms with Crippen LogP contribution in [0, 0.1) is 11.7 Å². The molecule has 0 saturated heterocycles. The second kappa shape index (κ2) is 9.12. The fourth-order valence-electron chi connectivity index (χ4n) is 3.36. The average molecular weight is 374 g/mol. The molecule has 0 amide bonds. The van der Waals surface area contributed by atoms with Crippen molar-refractivity contribution in [1.82, 2.24) is 9.97 Å². The third kappa shape index (κ3) is 5.53. The zero-order valence-corrected chi connectivity index (χ0v) is 15.5. The number of halogens is 1. The van der Waals surface area contributed by atoms with Gasteiger partial charge in [0.15, 0.2) is 10.9 Å². The molecule has 0 atom stereocenters. The zero-order chi connectivity index (χ0) is 18.4. The number of benzene rings is 1. The van der Waals surface area contributed by atoms with E-state index >= 15 is 0 Å². The van der Waals surface area contributed by atoms with Crippen molar-refractivity contribution in [3.05, 3.63) is 57.8 Å². The molecule has 0 bridgehead atoms. The lowest BCUT2D eigenvalue weighted by Crippen LogP contribution is -2.13. The number of aromatic amines is 1. The van der Waals surface area contributed by atoms with Crippen molar-refractivity contribution < 1.29 is 9.18 Å². The quantitative estimate of drug-likeness (QED) is 0.443. The lowest BCUT2D eigenvalue weighted by Gasteiger charge is -2.21. The van der Waals surface area contributed by atoms with Crippen molar-refractivity contribution in [2.24, 2.45) is 5.92 Å². The second-order valence-corrected chi connectivity index (χ2v) is 7.77. The number of nitrogens with one attached hydrogen (secondary N) is 1. The van der Waals surface area contributed by atoms with Crippen molar-refractivity contribution in [2.45, 2.75) is 50.1 Å². The van der Waals surface area contributed by atoms with Crippen LogP contribution in [0.5, 0.6) is 0 Å². The van der Waals surface area contributed by atoms with Gasteiger partial charge in [-0.15, -0.1) is 0 Å². The van der Waals surface area contributed by atoms with Crippen LogP contribution in [0.1, 0.15) is 54.6 Å². The summed E-state index contributed by atoms with van der Waals surface area (Å²) in [5, 5.41) is 0.464. The Kier molecular flexibility index (Phi) is 6.61. The van der Waals surface area contributed by atoms with E-state index in [0.717, 1.165) is 24.5 Å².